The summed E-state index contributed by atoms with van der Waals surface area (Å²) in [6, 6.07) is 8.08. The van der Waals surface area contributed by atoms with Crippen molar-refractivity contribution in [2.75, 3.05) is 26.7 Å². The maximum absolute atomic E-state index is 10.5. The lowest BCUT2D eigenvalue weighted by Gasteiger charge is -2.29. The number of benzene rings is 1. The van der Waals surface area contributed by atoms with Gasteiger partial charge in [-0.2, -0.15) is 0 Å². The van der Waals surface area contributed by atoms with Crippen molar-refractivity contribution in [2.24, 2.45) is 0 Å². The summed E-state index contributed by atoms with van der Waals surface area (Å²) in [6.45, 7) is 6.10. The van der Waals surface area contributed by atoms with Crippen LogP contribution in [0.15, 0.2) is 24.3 Å². The number of rotatable bonds is 7. The van der Waals surface area contributed by atoms with E-state index in [0.29, 0.717) is 13.1 Å². The van der Waals surface area contributed by atoms with Gasteiger partial charge in [0.2, 0.25) is 0 Å². The van der Waals surface area contributed by atoms with Crippen LogP contribution in [0.2, 0.25) is 0 Å². The quantitative estimate of drug-likeness (QED) is 0.795. The van der Waals surface area contributed by atoms with E-state index in [1.165, 1.54) is 0 Å². The van der Waals surface area contributed by atoms with Gasteiger partial charge >= 0.3 is 6.09 Å². The van der Waals surface area contributed by atoms with Gasteiger partial charge in [-0.3, -0.25) is 4.90 Å². The minimum Gasteiger partial charge on any atom is -0.496 e. The van der Waals surface area contributed by atoms with Crippen LogP contribution in [0.5, 0.6) is 5.75 Å². The summed E-state index contributed by atoms with van der Waals surface area (Å²) in [5, 5.41) is 11.0. The summed E-state index contributed by atoms with van der Waals surface area (Å²) < 4.78 is 5.37. The topological polar surface area (TPSA) is 61.8 Å². The molecule has 1 aromatic carbocycles. The number of likely N-dealkylation sites (N-methyl/N-ethyl adjacent to an activating group) is 1. The Hall–Kier alpha value is -1.75. The molecule has 5 nitrogen and oxygen atoms in total. The van der Waals surface area contributed by atoms with E-state index in [4.69, 9.17) is 9.84 Å². The largest absolute Gasteiger partial charge is 0.496 e. The molecule has 0 heterocycles. The zero-order valence-electron chi connectivity index (χ0n) is 11.7. The van der Waals surface area contributed by atoms with Crippen molar-refractivity contribution >= 4 is 6.09 Å². The minimum atomic E-state index is -0.985. The van der Waals surface area contributed by atoms with Gasteiger partial charge in [-0.15, -0.1) is 0 Å². The molecule has 0 unspecified atom stereocenters. The molecule has 0 saturated carbocycles. The molecule has 1 aromatic rings. The summed E-state index contributed by atoms with van der Waals surface area (Å²) in [6.07, 6.45) is -0.985. The summed E-state index contributed by atoms with van der Waals surface area (Å²) >= 11 is 0. The van der Waals surface area contributed by atoms with Crippen molar-refractivity contribution in [1.82, 2.24) is 10.2 Å². The van der Waals surface area contributed by atoms with Crippen LogP contribution in [0.25, 0.3) is 0 Å². The van der Waals surface area contributed by atoms with Gasteiger partial charge in [0.15, 0.2) is 0 Å². The molecule has 0 aromatic heterocycles. The molecule has 0 aliphatic carbocycles. The SMILES string of the molecule is CCN(CCNC(=O)O)[C@@H](C)c1ccccc1OC. The number of carboxylic acid groups (broad SMARTS) is 1. The van der Waals surface area contributed by atoms with Crippen LogP contribution < -0.4 is 10.1 Å². The Balaban J connectivity index is 2.71. The Morgan fingerprint density at radius 3 is 2.74 bits per heavy atom. The molecule has 1 atom stereocenters. The standard InChI is InChI=1S/C14H22N2O3/c1-4-16(10-9-15-14(17)18)11(2)12-7-5-6-8-13(12)19-3/h5-8,11,15H,4,9-10H2,1-3H3,(H,17,18)/t11-/m0/s1. The fourth-order valence-electron chi connectivity index (χ4n) is 2.14. The summed E-state index contributed by atoms with van der Waals surface area (Å²) in [4.78, 5) is 12.7. The van der Waals surface area contributed by atoms with Gasteiger partial charge < -0.3 is 15.2 Å². The van der Waals surface area contributed by atoms with Gasteiger partial charge in [0.1, 0.15) is 5.75 Å². The Labute approximate surface area is 114 Å². The Bertz CT molecular complexity index is 409. The first-order valence-corrected chi connectivity index (χ1v) is 6.43. The van der Waals surface area contributed by atoms with Crippen LogP contribution >= 0.6 is 0 Å². The number of hydrogen-bond donors (Lipinski definition) is 2. The van der Waals surface area contributed by atoms with Gasteiger partial charge in [-0.25, -0.2) is 4.79 Å². The maximum atomic E-state index is 10.5. The average Bonchev–Trinajstić information content (AvgIpc) is 2.42. The molecule has 1 rings (SSSR count). The first kappa shape index (κ1) is 15.3. The molecule has 0 bridgehead atoms. The van der Waals surface area contributed by atoms with Crippen LogP contribution in [-0.4, -0.2) is 42.8 Å². The lowest BCUT2D eigenvalue weighted by Crippen LogP contribution is -2.35. The van der Waals surface area contributed by atoms with E-state index in [0.717, 1.165) is 17.9 Å². The number of carbonyl (C=O) groups is 1. The van der Waals surface area contributed by atoms with E-state index in [1.54, 1.807) is 7.11 Å². The van der Waals surface area contributed by atoms with E-state index in [1.807, 2.05) is 24.3 Å². The van der Waals surface area contributed by atoms with E-state index >= 15 is 0 Å². The molecule has 0 radical (unpaired) electrons. The molecule has 5 heteroatoms. The first-order valence-electron chi connectivity index (χ1n) is 6.43. The fraction of sp³-hybridized carbons (Fsp3) is 0.500. The number of ether oxygens (including phenoxy) is 1. The Morgan fingerprint density at radius 1 is 1.47 bits per heavy atom. The Morgan fingerprint density at radius 2 is 2.16 bits per heavy atom. The summed E-state index contributed by atoms with van der Waals surface area (Å²) in [5.74, 6) is 0.861. The zero-order valence-corrected chi connectivity index (χ0v) is 11.7. The first-order chi connectivity index (χ1) is 9.10. The third-order valence-corrected chi connectivity index (χ3v) is 3.22. The molecule has 0 saturated heterocycles. The van der Waals surface area contributed by atoms with Gasteiger partial charge in [0, 0.05) is 24.7 Å². The number of nitrogens with one attached hydrogen (secondary N) is 1. The normalized spacial score (nSPS) is 12.2. The third kappa shape index (κ3) is 4.44. The average molecular weight is 266 g/mol. The fourth-order valence-corrected chi connectivity index (χ4v) is 2.14. The van der Waals surface area contributed by atoms with Gasteiger partial charge in [0.25, 0.3) is 0 Å². The lowest BCUT2D eigenvalue weighted by molar-refractivity contribution is 0.185. The van der Waals surface area contributed by atoms with Crippen molar-refractivity contribution in [2.45, 2.75) is 19.9 Å². The minimum absolute atomic E-state index is 0.178. The van der Waals surface area contributed by atoms with E-state index in [2.05, 4.69) is 24.1 Å². The van der Waals surface area contributed by atoms with Crippen LogP contribution in [-0.2, 0) is 0 Å². The summed E-state index contributed by atoms with van der Waals surface area (Å²) in [5.41, 5.74) is 1.11. The second-order valence-electron chi connectivity index (χ2n) is 4.28. The molecule has 106 valence electrons. The lowest BCUT2D eigenvalue weighted by atomic mass is 10.1. The smallest absolute Gasteiger partial charge is 0.404 e. The monoisotopic (exact) mass is 266 g/mol. The molecule has 0 fully saturated rings. The van der Waals surface area contributed by atoms with Crippen LogP contribution in [0.1, 0.15) is 25.5 Å². The highest BCUT2D eigenvalue weighted by atomic mass is 16.5. The molecule has 0 aliphatic heterocycles. The zero-order chi connectivity index (χ0) is 14.3. The molecule has 0 aliphatic rings. The molecule has 2 N–H and O–H groups in total. The van der Waals surface area contributed by atoms with E-state index in [-0.39, 0.29) is 6.04 Å². The van der Waals surface area contributed by atoms with Gasteiger partial charge in [-0.1, -0.05) is 25.1 Å². The predicted molar refractivity (Wildman–Crippen MR) is 74.7 cm³/mol. The Kier molecular flexibility index (Phi) is 6.15. The number of amides is 1. The molecular formula is C14H22N2O3. The molecular weight excluding hydrogens is 244 g/mol. The maximum Gasteiger partial charge on any atom is 0.404 e. The van der Waals surface area contributed by atoms with Gasteiger partial charge in [0.05, 0.1) is 7.11 Å². The van der Waals surface area contributed by atoms with Crippen molar-refractivity contribution < 1.29 is 14.6 Å². The third-order valence-electron chi connectivity index (χ3n) is 3.22. The van der Waals surface area contributed by atoms with Crippen molar-refractivity contribution in [3.63, 3.8) is 0 Å². The number of nitrogens with zero attached hydrogens (tertiary/aromatic N) is 1. The highest BCUT2D eigenvalue weighted by Gasteiger charge is 2.17. The van der Waals surface area contributed by atoms with E-state index in [9.17, 15) is 4.79 Å². The number of para-hydroxylation sites is 1. The van der Waals surface area contributed by atoms with Crippen molar-refractivity contribution in [3.05, 3.63) is 29.8 Å². The number of methoxy groups -OCH3 is 1. The molecule has 0 spiro atoms. The summed E-state index contributed by atoms with van der Waals surface area (Å²) in [7, 11) is 1.66. The molecule has 1 amide bonds. The van der Waals surface area contributed by atoms with Crippen molar-refractivity contribution in [1.29, 1.82) is 0 Å². The highest BCUT2D eigenvalue weighted by Crippen LogP contribution is 2.28. The van der Waals surface area contributed by atoms with Crippen LogP contribution in [0.3, 0.4) is 0 Å². The van der Waals surface area contributed by atoms with Crippen molar-refractivity contribution in [3.8, 4) is 5.75 Å². The van der Waals surface area contributed by atoms with Crippen LogP contribution in [0.4, 0.5) is 4.79 Å². The highest BCUT2D eigenvalue weighted by molar-refractivity contribution is 5.64. The van der Waals surface area contributed by atoms with Gasteiger partial charge in [-0.05, 0) is 19.5 Å². The van der Waals surface area contributed by atoms with Crippen LogP contribution in [0, 0.1) is 0 Å². The van der Waals surface area contributed by atoms with E-state index < -0.39 is 6.09 Å². The molecule has 19 heavy (non-hydrogen) atoms. The second kappa shape index (κ2) is 7.63. The second-order valence-corrected chi connectivity index (χ2v) is 4.28. The number of hydrogen-bond acceptors (Lipinski definition) is 3. The predicted octanol–water partition coefficient (Wildman–Crippen LogP) is 2.35.